The first kappa shape index (κ1) is 14.0. The van der Waals surface area contributed by atoms with Gasteiger partial charge in [-0.15, -0.1) is 0 Å². The maximum absolute atomic E-state index is 6.09. The molecular weight excluding hydrogens is 262 g/mol. The second-order valence-corrected chi connectivity index (χ2v) is 6.74. The summed E-state index contributed by atoms with van der Waals surface area (Å²) in [6, 6.07) is 6.13. The van der Waals surface area contributed by atoms with E-state index in [9.17, 15) is 0 Å². The highest BCUT2D eigenvalue weighted by atomic mass is 16.4. The first-order valence-electron chi connectivity index (χ1n) is 7.52. The Kier molecular flexibility index (Phi) is 3.40. The fraction of sp³-hybridized carbons (Fsp3) is 0.471. The molecule has 0 saturated heterocycles. The van der Waals surface area contributed by atoms with E-state index in [0.29, 0.717) is 6.54 Å². The molecule has 112 valence electrons. The standard InChI is InChI=1S/C17H23N3O/c1-17(2,3)15-10-19-16(21-15)11-20-9-5-6-12-13(18)7-4-8-14(12)20/h4,7-8,10H,5-6,9,11,18H2,1-3H3. The van der Waals surface area contributed by atoms with Crippen LogP contribution in [0.1, 0.15) is 44.4 Å². The second-order valence-electron chi connectivity index (χ2n) is 6.74. The van der Waals surface area contributed by atoms with Crippen LogP contribution in [0.4, 0.5) is 11.4 Å². The summed E-state index contributed by atoms with van der Waals surface area (Å²) in [6.45, 7) is 8.12. The zero-order valence-corrected chi connectivity index (χ0v) is 13.0. The number of anilines is 2. The molecule has 4 nitrogen and oxygen atoms in total. The molecule has 0 fully saturated rings. The largest absolute Gasteiger partial charge is 0.443 e. The maximum Gasteiger partial charge on any atom is 0.213 e. The van der Waals surface area contributed by atoms with Gasteiger partial charge in [-0.2, -0.15) is 0 Å². The first-order chi connectivity index (χ1) is 9.95. The highest BCUT2D eigenvalue weighted by Crippen LogP contribution is 2.32. The minimum atomic E-state index is -0.00448. The molecule has 0 unspecified atom stereocenters. The topological polar surface area (TPSA) is 55.3 Å². The number of fused-ring (bicyclic) bond motifs is 1. The van der Waals surface area contributed by atoms with Gasteiger partial charge in [-0.05, 0) is 30.5 Å². The fourth-order valence-electron chi connectivity index (χ4n) is 2.79. The minimum Gasteiger partial charge on any atom is -0.443 e. The van der Waals surface area contributed by atoms with Crippen molar-refractivity contribution in [1.82, 2.24) is 4.98 Å². The molecule has 4 heteroatoms. The van der Waals surface area contributed by atoms with Gasteiger partial charge >= 0.3 is 0 Å². The van der Waals surface area contributed by atoms with Crippen molar-refractivity contribution in [3.8, 4) is 0 Å². The first-order valence-corrected chi connectivity index (χ1v) is 7.52. The van der Waals surface area contributed by atoms with E-state index in [1.807, 2.05) is 18.3 Å². The molecule has 21 heavy (non-hydrogen) atoms. The molecule has 0 saturated carbocycles. The lowest BCUT2D eigenvalue weighted by Gasteiger charge is -2.31. The van der Waals surface area contributed by atoms with Crippen LogP contribution < -0.4 is 10.6 Å². The number of benzene rings is 1. The Morgan fingerprint density at radius 1 is 1.33 bits per heavy atom. The predicted molar refractivity (Wildman–Crippen MR) is 85.4 cm³/mol. The van der Waals surface area contributed by atoms with Crippen molar-refractivity contribution in [2.75, 3.05) is 17.2 Å². The van der Waals surface area contributed by atoms with Gasteiger partial charge in [0, 0.05) is 23.3 Å². The summed E-state index contributed by atoms with van der Waals surface area (Å²) in [5.74, 6) is 1.71. The van der Waals surface area contributed by atoms with Crippen LogP contribution >= 0.6 is 0 Å². The molecule has 0 radical (unpaired) electrons. The van der Waals surface area contributed by atoms with Crippen molar-refractivity contribution in [3.05, 3.63) is 41.6 Å². The average Bonchev–Trinajstić information content (AvgIpc) is 2.89. The van der Waals surface area contributed by atoms with Gasteiger partial charge < -0.3 is 15.1 Å². The smallest absolute Gasteiger partial charge is 0.213 e. The molecule has 1 aliphatic heterocycles. The van der Waals surface area contributed by atoms with E-state index in [-0.39, 0.29) is 5.41 Å². The van der Waals surface area contributed by atoms with Crippen molar-refractivity contribution >= 4 is 11.4 Å². The molecule has 2 aromatic rings. The van der Waals surface area contributed by atoms with Crippen LogP contribution in [0.25, 0.3) is 0 Å². The van der Waals surface area contributed by atoms with Gasteiger partial charge in [0.2, 0.25) is 5.89 Å². The third kappa shape index (κ3) is 2.75. The Morgan fingerprint density at radius 3 is 2.86 bits per heavy atom. The second kappa shape index (κ2) is 5.10. The molecule has 1 aromatic heterocycles. The Morgan fingerprint density at radius 2 is 2.14 bits per heavy atom. The molecule has 0 aliphatic carbocycles. The van der Waals surface area contributed by atoms with Crippen molar-refractivity contribution in [2.24, 2.45) is 0 Å². The van der Waals surface area contributed by atoms with Crippen molar-refractivity contribution in [3.63, 3.8) is 0 Å². The number of rotatable bonds is 2. The maximum atomic E-state index is 6.09. The molecular formula is C17H23N3O. The van der Waals surface area contributed by atoms with E-state index >= 15 is 0 Å². The van der Waals surface area contributed by atoms with Gasteiger partial charge in [0.1, 0.15) is 5.76 Å². The van der Waals surface area contributed by atoms with Gasteiger partial charge in [0.15, 0.2) is 0 Å². The summed E-state index contributed by atoms with van der Waals surface area (Å²) in [7, 11) is 0. The molecule has 2 heterocycles. The van der Waals surface area contributed by atoms with Crippen LogP contribution in [0.15, 0.2) is 28.8 Å². The Hall–Kier alpha value is -1.97. The summed E-state index contributed by atoms with van der Waals surface area (Å²) in [4.78, 5) is 6.75. The lowest BCUT2D eigenvalue weighted by molar-refractivity contribution is 0.379. The molecule has 0 amide bonds. The predicted octanol–water partition coefficient (Wildman–Crippen LogP) is 3.51. The summed E-state index contributed by atoms with van der Waals surface area (Å²) >= 11 is 0. The summed E-state index contributed by atoms with van der Waals surface area (Å²) in [5, 5.41) is 0. The molecule has 2 N–H and O–H groups in total. The normalized spacial score (nSPS) is 15.1. The molecule has 3 rings (SSSR count). The van der Waals surface area contributed by atoms with Crippen molar-refractivity contribution < 1.29 is 4.42 Å². The van der Waals surface area contributed by atoms with E-state index in [2.05, 4.69) is 36.7 Å². The quantitative estimate of drug-likeness (QED) is 0.858. The lowest BCUT2D eigenvalue weighted by atomic mass is 9.94. The van der Waals surface area contributed by atoms with Crippen molar-refractivity contribution in [2.45, 2.75) is 45.6 Å². The zero-order chi connectivity index (χ0) is 15.0. The number of nitrogens with zero attached hydrogens (tertiary/aromatic N) is 2. The van der Waals surface area contributed by atoms with Crippen molar-refractivity contribution in [1.29, 1.82) is 0 Å². The third-order valence-electron chi connectivity index (χ3n) is 4.00. The minimum absolute atomic E-state index is 0.00448. The van der Waals surface area contributed by atoms with Crippen LogP contribution in [0.3, 0.4) is 0 Å². The highest BCUT2D eigenvalue weighted by Gasteiger charge is 2.22. The zero-order valence-electron chi connectivity index (χ0n) is 13.0. The summed E-state index contributed by atoms with van der Waals surface area (Å²) < 4.78 is 5.91. The lowest BCUT2D eigenvalue weighted by Crippen LogP contribution is -2.29. The van der Waals surface area contributed by atoms with E-state index in [1.54, 1.807) is 0 Å². The molecule has 0 spiro atoms. The number of nitrogen functional groups attached to an aromatic ring is 1. The van der Waals surface area contributed by atoms with Crippen LogP contribution in [0, 0.1) is 0 Å². The van der Waals surface area contributed by atoms with E-state index in [1.165, 1.54) is 11.3 Å². The number of hydrogen-bond acceptors (Lipinski definition) is 4. The third-order valence-corrected chi connectivity index (χ3v) is 4.00. The molecule has 0 bridgehead atoms. The Labute approximate surface area is 126 Å². The number of nitrogens with two attached hydrogens (primary N) is 1. The number of hydrogen-bond donors (Lipinski definition) is 1. The van der Waals surface area contributed by atoms with Gasteiger partial charge in [0.05, 0.1) is 12.7 Å². The SMILES string of the molecule is CC(C)(C)c1cnc(CN2CCCc3c(N)cccc32)o1. The van der Waals surface area contributed by atoms with Crippen LogP contribution in [0.2, 0.25) is 0 Å². The van der Waals surface area contributed by atoms with E-state index < -0.39 is 0 Å². The number of aromatic nitrogens is 1. The fourth-order valence-corrected chi connectivity index (χ4v) is 2.79. The van der Waals surface area contributed by atoms with Crippen LogP contribution in [-0.2, 0) is 18.4 Å². The monoisotopic (exact) mass is 285 g/mol. The van der Waals surface area contributed by atoms with Gasteiger partial charge in [-0.1, -0.05) is 26.8 Å². The molecule has 1 aliphatic rings. The Bertz CT molecular complexity index is 640. The van der Waals surface area contributed by atoms with Gasteiger partial charge in [-0.25, -0.2) is 4.98 Å². The average molecular weight is 285 g/mol. The van der Waals surface area contributed by atoms with Gasteiger partial charge in [0.25, 0.3) is 0 Å². The van der Waals surface area contributed by atoms with Crippen LogP contribution in [0.5, 0.6) is 0 Å². The van der Waals surface area contributed by atoms with E-state index in [4.69, 9.17) is 10.2 Å². The van der Waals surface area contributed by atoms with Crippen LogP contribution in [-0.4, -0.2) is 11.5 Å². The molecule has 1 aromatic carbocycles. The summed E-state index contributed by atoms with van der Waals surface area (Å²) in [5.41, 5.74) is 9.45. The number of oxazole rings is 1. The Balaban J connectivity index is 1.84. The highest BCUT2D eigenvalue weighted by molar-refractivity contribution is 5.66. The molecule has 0 atom stereocenters. The summed E-state index contributed by atoms with van der Waals surface area (Å²) in [6.07, 6.45) is 4.02. The van der Waals surface area contributed by atoms with E-state index in [0.717, 1.165) is 36.7 Å². The van der Waals surface area contributed by atoms with Gasteiger partial charge in [-0.3, -0.25) is 0 Å².